The first-order chi connectivity index (χ1) is 8.72. The minimum Gasteiger partial charge on any atom is -0.318 e. The molecule has 2 rings (SSSR count). The SMILES string of the molecule is CCC1NC(c2cccs2)N(C(CC)CC)C1=O. The summed E-state index contributed by atoms with van der Waals surface area (Å²) in [7, 11) is 0. The van der Waals surface area contributed by atoms with Crippen LogP contribution in [0.3, 0.4) is 0 Å². The first kappa shape index (κ1) is 13.6. The highest BCUT2D eigenvalue weighted by molar-refractivity contribution is 7.10. The van der Waals surface area contributed by atoms with Crippen LogP contribution in [0.15, 0.2) is 17.5 Å². The lowest BCUT2D eigenvalue weighted by atomic mass is 10.1. The molecule has 4 heteroatoms. The average Bonchev–Trinajstić information content (AvgIpc) is 3.00. The molecule has 0 spiro atoms. The van der Waals surface area contributed by atoms with E-state index < -0.39 is 0 Å². The van der Waals surface area contributed by atoms with Crippen molar-refractivity contribution in [3.8, 4) is 0 Å². The number of thiophene rings is 1. The predicted octanol–water partition coefficient (Wildman–Crippen LogP) is 3.15. The van der Waals surface area contributed by atoms with Crippen molar-refractivity contribution in [2.24, 2.45) is 0 Å². The van der Waals surface area contributed by atoms with Gasteiger partial charge in [0.1, 0.15) is 6.17 Å². The second kappa shape index (κ2) is 5.85. The topological polar surface area (TPSA) is 32.3 Å². The number of hydrogen-bond donors (Lipinski definition) is 1. The van der Waals surface area contributed by atoms with Crippen LogP contribution in [0.4, 0.5) is 0 Å². The standard InChI is InChI=1S/C14H22N2OS/c1-4-10(5-2)16-13(12-8-7-9-18-12)15-11(6-3)14(16)17/h7-11,13,15H,4-6H2,1-3H3. The monoisotopic (exact) mass is 266 g/mol. The molecule has 1 aliphatic heterocycles. The first-order valence-corrected chi connectivity index (χ1v) is 7.72. The Morgan fingerprint density at radius 2 is 2.11 bits per heavy atom. The van der Waals surface area contributed by atoms with Crippen LogP contribution in [-0.2, 0) is 4.79 Å². The highest BCUT2D eigenvalue weighted by Gasteiger charge is 2.41. The second-order valence-corrected chi connectivity index (χ2v) is 5.74. The molecule has 0 saturated carbocycles. The maximum absolute atomic E-state index is 12.5. The summed E-state index contributed by atoms with van der Waals surface area (Å²) < 4.78 is 0. The van der Waals surface area contributed by atoms with Crippen LogP contribution >= 0.6 is 11.3 Å². The van der Waals surface area contributed by atoms with Crippen molar-refractivity contribution in [1.29, 1.82) is 0 Å². The Balaban J connectivity index is 2.28. The minimum atomic E-state index is -0.0160. The Morgan fingerprint density at radius 1 is 1.39 bits per heavy atom. The van der Waals surface area contributed by atoms with Crippen molar-refractivity contribution in [3.63, 3.8) is 0 Å². The molecule has 0 radical (unpaired) electrons. The summed E-state index contributed by atoms with van der Waals surface area (Å²) in [6, 6.07) is 4.49. The molecule has 1 aliphatic rings. The fraction of sp³-hybridized carbons (Fsp3) is 0.643. The Morgan fingerprint density at radius 3 is 2.61 bits per heavy atom. The van der Waals surface area contributed by atoms with Gasteiger partial charge in [0.15, 0.2) is 0 Å². The summed E-state index contributed by atoms with van der Waals surface area (Å²) >= 11 is 1.72. The van der Waals surface area contributed by atoms with Gasteiger partial charge in [-0.3, -0.25) is 10.1 Å². The van der Waals surface area contributed by atoms with Gasteiger partial charge in [0, 0.05) is 10.9 Å². The van der Waals surface area contributed by atoms with Crippen molar-refractivity contribution >= 4 is 17.2 Å². The third-order valence-electron chi connectivity index (χ3n) is 3.75. The van der Waals surface area contributed by atoms with E-state index in [1.54, 1.807) is 11.3 Å². The van der Waals surface area contributed by atoms with Gasteiger partial charge in [-0.1, -0.05) is 26.8 Å². The van der Waals surface area contributed by atoms with Gasteiger partial charge in [0.05, 0.1) is 6.04 Å². The quantitative estimate of drug-likeness (QED) is 0.888. The van der Waals surface area contributed by atoms with Gasteiger partial charge < -0.3 is 4.90 Å². The van der Waals surface area contributed by atoms with Gasteiger partial charge in [-0.25, -0.2) is 0 Å². The normalized spacial score (nSPS) is 24.2. The molecule has 18 heavy (non-hydrogen) atoms. The zero-order valence-electron chi connectivity index (χ0n) is 11.3. The van der Waals surface area contributed by atoms with Crippen LogP contribution in [-0.4, -0.2) is 22.9 Å². The van der Waals surface area contributed by atoms with Gasteiger partial charge in [0.25, 0.3) is 0 Å². The highest BCUT2D eigenvalue weighted by atomic mass is 32.1. The maximum Gasteiger partial charge on any atom is 0.241 e. The van der Waals surface area contributed by atoms with E-state index in [4.69, 9.17) is 0 Å². The molecule has 1 aromatic rings. The largest absolute Gasteiger partial charge is 0.318 e. The van der Waals surface area contributed by atoms with E-state index in [-0.39, 0.29) is 18.1 Å². The lowest BCUT2D eigenvalue weighted by Gasteiger charge is -2.31. The number of hydrogen-bond acceptors (Lipinski definition) is 3. The molecule has 0 aliphatic carbocycles. The van der Waals surface area contributed by atoms with Crippen molar-refractivity contribution < 1.29 is 4.79 Å². The van der Waals surface area contributed by atoms with Crippen molar-refractivity contribution in [2.75, 3.05) is 0 Å². The predicted molar refractivity (Wildman–Crippen MR) is 75.5 cm³/mol. The van der Waals surface area contributed by atoms with Crippen LogP contribution < -0.4 is 5.32 Å². The molecular weight excluding hydrogens is 244 g/mol. The zero-order chi connectivity index (χ0) is 13.1. The van der Waals surface area contributed by atoms with E-state index >= 15 is 0 Å². The fourth-order valence-electron chi connectivity index (χ4n) is 2.68. The van der Waals surface area contributed by atoms with Crippen LogP contribution in [0.2, 0.25) is 0 Å². The number of carbonyl (C=O) groups is 1. The Labute approximate surface area is 113 Å². The van der Waals surface area contributed by atoms with E-state index in [9.17, 15) is 4.79 Å². The van der Waals surface area contributed by atoms with E-state index in [0.717, 1.165) is 19.3 Å². The number of rotatable bonds is 5. The summed E-state index contributed by atoms with van der Waals surface area (Å²) in [4.78, 5) is 15.8. The molecule has 100 valence electrons. The fourth-order valence-corrected chi connectivity index (χ4v) is 3.46. The zero-order valence-corrected chi connectivity index (χ0v) is 12.2. The Hall–Kier alpha value is -0.870. The molecule has 1 fully saturated rings. The van der Waals surface area contributed by atoms with Crippen LogP contribution in [0.5, 0.6) is 0 Å². The number of nitrogens with zero attached hydrogens (tertiary/aromatic N) is 1. The maximum atomic E-state index is 12.5. The third-order valence-corrected chi connectivity index (χ3v) is 4.67. The molecule has 1 saturated heterocycles. The van der Waals surface area contributed by atoms with Gasteiger partial charge in [-0.05, 0) is 30.7 Å². The van der Waals surface area contributed by atoms with Crippen molar-refractivity contribution in [3.05, 3.63) is 22.4 Å². The number of carbonyl (C=O) groups excluding carboxylic acids is 1. The van der Waals surface area contributed by atoms with E-state index in [1.807, 2.05) is 0 Å². The lowest BCUT2D eigenvalue weighted by molar-refractivity contribution is -0.132. The van der Waals surface area contributed by atoms with Gasteiger partial charge in [0.2, 0.25) is 5.91 Å². The summed E-state index contributed by atoms with van der Waals surface area (Å²) in [5, 5.41) is 5.55. The molecular formula is C14H22N2OS. The summed E-state index contributed by atoms with van der Waals surface area (Å²) in [6.07, 6.45) is 2.97. The summed E-state index contributed by atoms with van der Waals surface area (Å²) in [5.41, 5.74) is 0. The van der Waals surface area contributed by atoms with Crippen LogP contribution in [0.25, 0.3) is 0 Å². The molecule has 0 aromatic carbocycles. The lowest BCUT2D eigenvalue weighted by Crippen LogP contribution is -2.39. The summed E-state index contributed by atoms with van der Waals surface area (Å²) in [6.45, 7) is 6.38. The van der Waals surface area contributed by atoms with Crippen molar-refractivity contribution in [1.82, 2.24) is 10.2 Å². The molecule has 1 amide bonds. The van der Waals surface area contributed by atoms with Gasteiger partial charge >= 0.3 is 0 Å². The van der Waals surface area contributed by atoms with E-state index in [1.165, 1.54) is 4.88 Å². The first-order valence-electron chi connectivity index (χ1n) is 6.84. The van der Waals surface area contributed by atoms with Gasteiger partial charge in [-0.2, -0.15) is 0 Å². The molecule has 2 heterocycles. The van der Waals surface area contributed by atoms with Crippen molar-refractivity contribution in [2.45, 2.75) is 58.3 Å². The molecule has 0 bridgehead atoms. The van der Waals surface area contributed by atoms with Crippen LogP contribution in [0, 0.1) is 0 Å². The molecule has 2 unspecified atom stereocenters. The molecule has 2 atom stereocenters. The van der Waals surface area contributed by atoms with E-state index in [0.29, 0.717) is 6.04 Å². The number of nitrogens with one attached hydrogen (secondary N) is 1. The molecule has 3 nitrogen and oxygen atoms in total. The number of amides is 1. The van der Waals surface area contributed by atoms with E-state index in [2.05, 4.69) is 48.5 Å². The Kier molecular flexibility index (Phi) is 4.40. The second-order valence-electron chi connectivity index (χ2n) is 4.76. The van der Waals surface area contributed by atoms with Crippen LogP contribution in [0.1, 0.15) is 51.1 Å². The highest BCUT2D eigenvalue weighted by Crippen LogP contribution is 2.32. The third kappa shape index (κ3) is 2.31. The smallest absolute Gasteiger partial charge is 0.241 e. The molecule has 1 aromatic heterocycles. The average molecular weight is 266 g/mol. The minimum absolute atomic E-state index is 0.0160. The summed E-state index contributed by atoms with van der Waals surface area (Å²) in [5.74, 6) is 0.268. The Bertz CT molecular complexity index is 387. The van der Waals surface area contributed by atoms with Gasteiger partial charge in [-0.15, -0.1) is 11.3 Å². The molecule has 1 N–H and O–H groups in total.